The lowest BCUT2D eigenvalue weighted by Crippen LogP contribution is -2.07. The number of aryl methyl sites for hydroxylation is 1. The molecule has 0 amide bonds. The van der Waals surface area contributed by atoms with Crippen LogP contribution in [0.2, 0.25) is 0 Å². The van der Waals surface area contributed by atoms with E-state index in [0.717, 1.165) is 23.5 Å². The van der Waals surface area contributed by atoms with Crippen LogP contribution < -0.4 is 10.1 Å². The molecule has 0 atom stereocenters. The van der Waals surface area contributed by atoms with Crippen LogP contribution in [0, 0.1) is 6.92 Å². The van der Waals surface area contributed by atoms with Crippen LogP contribution in [0.3, 0.4) is 0 Å². The largest absolute Gasteiger partial charge is 0.494 e. The Morgan fingerprint density at radius 1 is 0.812 bits per heavy atom. The summed E-state index contributed by atoms with van der Waals surface area (Å²) in [5.74, 6) is 0.171. The van der Waals surface area contributed by atoms with Crippen molar-refractivity contribution in [1.82, 2.24) is 15.0 Å². The highest BCUT2D eigenvalue weighted by Crippen LogP contribution is 2.36. The van der Waals surface area contributed by atoms with E-state index in [4.69, 9.17) is 13.8 Å². The van der Waals surface area contributed by atoms with Crippen LogP contribution >= 0.6 is 23.5 Å². The maximum Gasteiger partial charge on any atom is 0.295 e. The number of anilines is 2. The first-order valence-corrected chi connectivity index (χ1v) is 20.4. The molecule has 0 aliphatic rings. The van der Waals surface area contributed by atoms with Gasteiger partial charge in [-0.3, -0.25) is 13.7 Å². The Hall–Kier alpha value is -3.44. The molecule has 0 aliphatic carbocycles. The second kappa shape index (κ2) is 15.8. The minimum atomic E-state index is -4.41. The predicted molar refractivity (Wildman–Crippen MR) is 182 cm³/mol. The molecule has 21 heteroatoms. The summed E-state index contributed by atoms with van der Waals surface area (Å²) < 4.78 is 101. The Morgan fingerprint density at radius 2 is 1.44 bits per heavy atom. The standard InChI is InChI=1S/C27H30N6O10S5/c1-17-14-22(23(43-2)16-21(17)33-32-19-8-9-20-18(15-19)6-3-7-24(20)48(40,41)42)28-25-29-26(44-10-4-12-46(34,35)36)31-27(30-25)45-11-5-13-47(37,38)39/h3,6-9,14-16H,4-5,10-13H2,1-2H3,(H,34,35,36)(H,37,38,39)(H,40,41,42)(H,28,29,30,31). The number of benzene rings is 3. The molecule has 0 saturated carbocycles. The van der Waals surface area contributed by atoms with Crippen molar-refractivity contribution in [3.05, 3.63) is 54.1 Å². The average Bonchev–Trinajstić information content (AvgIpc) is 2.99. The topological polar surface area (TPSA) is 248 Å². The number of thioether (sulfide) groups is 2. The Kier molecular flexibility index (Phi) is 12.3. The van der Waals surface area contributed by atoms with Gasteiger partial charge in [-0.15, -0.1) is 0 Å². The van der Waals surface area contributed by atoms with Gasteiger partial charge in [0.25, 0.3) is 30.4 Å². The summed E-state index contributed by atoms with van der Waals surface area (Å²) in [5, 5.41) is 13.1. The van der Waals surface area contributed by atoms with Crippen molar-refractivity contribution >= 4 is 87.7 Å². The lowest BCUT2D eigenvalue weighted by Gasteiger charge is -2.13. The highest BCUT2D eigenvalue weighted by Gasteiger charge is 2.16. The number of hydrogen-bond acceptors (Lipinski definition) is 15. The molecule has 4 aromatic rings. The molecule has 0 bridgehead atoms. The normalized spacial score (nSPS) is 12.5. The third-order valence-electron chi connectivity index (χ3n) is 6.29. The fraction of sp³-hybridized carbons (Fsp3) is 0.296. The van der Waals surface area contributed by atoms with Gasteiger partial charge >= 0.3 is 0 Å². The molecule has 0 aliphatic heterocycles. The van der Waals surface area contributed by atoms with E-state index in [1.807, 2.05) is 0 Å². The minimum Gasteiger partial charge on any atom is -0.494 e. The van der Waals surface area contributed by atoms with Crippen molar-refractivity contribution in [1.29, 1.82) is 0 Å². The SMILES string of the molecule is COc1cc(N=Nc2ccc3c(S(=O)(=O)O)cccc3c2)c(C)cc1Nc1nc(SCCCS(=O)(=O)O)nc(SCCCS(=O)(=O)O)n1. The van der Waals surface area contributed by atoms with E-state index in [1.165, 1.54) is 25.3 Å². The Morgan fingerprint density at radius 3 is 2.00 bits per heavy atom. The number of fused-ring (bicyclic) bond motifs is 1. The smallest absolute Gasteiger partial charge is 0.295 e. The van der Waals surface area contributed by atoms with Crippen LogP contribution in [0.1, 0.15) is 18.4 Å². The molecule has 3 aromatic carbocycles. The van der Waals surface area contributed by atoms with Gasteiger partial charge in [0.05, 0.1) is 35.7 Å². The van der Waals surface area contributed by atoms with Crippen LogP contribution in [-0.4, -0.2) is 84.0 Å². The van der Waals surface area contributed by atoms with E-state index in [9.17, 15) is 29.8 Å². The number of azo groups is 1. The van der Waals surface area contributed by atoms with E-state index in [1.54, 1.807) is 37.3 Å². The van der Waals surface area contributed by atoms with E-state index in [2.05, 4.69) is 30.5 Å². The highest BCUT2D eigenvalue weighted by molar-refractivity contribution is 7.99. The van der Waals surface area contributed by atoms with Gasteiger partial charge in [-0.05, 0) is 55.0 Å². The van der Waals surface area contributed by atoms with Gasteiger partial charge in [0, 0.05) is 23.0 Å². The lowest BCUT2D eigenvalue weighted by molar-refractivity contribution is 0.417. The highest BCUT2D eigenvalue weighted by atomic mass is 32.2. The third-order valence-corrected chi connectivity index (χ3v) is 10.7. The van der Waals surface area contributed by atoms with Gasteiger partial charge in [0.15, 0.2) is 10.3 Å². The third kappa shape index (κ3) is 11.3. The van der Waals surface area contributed by atoms with E-state index in [0.29, 0.717) is 39.1 Å². The van der Waals surface area contributed by atoms with E-state index < -0.39 is 41.9 Å². The summed E-state index contributed by atoms with van der Waals surface area (Å²) in [6, 6.07) is 12.6. The Balaban J connectivity index is 1.57. The van der Waals surface area contributed by atoms with Crippen LogP contribution in [-0.2, 0) is 30.4 Å². The zero-order chi connectivity index (χ0) is 35.1. The van der Waals surface area contributed by atoms with Gasteiger partial charge in [-0.2, -0.15) is 50.4 Å². The molecular weight excluding hydrogens is 729 g/mol. The first-order chi connectivity index (χ1) is 22.5. The maximum atomic E-state index is 11.7. The summed E-state index contributed by atoms with van der Waals surface area (Å²) in [4.78, 5) is 12.9. The summed E-state index contributed by atoms with van der Waals surface area (Å²) in [6.07, 6.45) is 0.283. The fourth-order valence-electron chi connectivity index (χ4n) is 4.14. The van der Waals surface area contributed by atoms with Gasteiger partial charge in [-0.25, -0.2) is 0 Å². The lowest BCUT2D eigenvalue weighted by atomic mass is 10.1. The number of nitrogens with zero attached hydrogens (tertiary/aromatic N) is 5. The maximum absolute atomic E-state index is 11.7. The van der Waals surface area contributed by atoms with Crippen LogP contribution in [0.5, 0.6) is 5.75 Å². The summed E-state index contributed by atoms with van der Waals surface area (Å²) >= 11 is 2.28. The summed E-state index contributed by atoms with van der Waals surface area (Å²) in [7, 11) is -11.2. The molecule has 4 N–H and O–H groups in total. The number of aromatic nitrogens is 3. The van der Waals surface area contributed by atoms with Crippen molar-refractivity contribution in [2.24, 2.45) is 10.2 Å². The predicted octanol–water partition coefficient (Wildman–Crippen LogP) is 5.49. The zero-order valence-electron chi connectivity index (χ0n) is 25.3. The summed E-state index contributed by atoms with van der Waals surface area (Å²) in [5.41, 5.74) is 2.05. The average molecular weight is 759 g/mol. The van der Waals surface area contributed by atoms with Crippen LogP contribution in [0.25, 0.3) is 10.8 Å². The molecule has 16 nitrogen and oxygen atoms in total. The first kappa shape index (κ1) is 37.4. The number of hydrogen-bond donors (Lipinski definition) is 4. The van der Waals surface area contributed by atoms with Crippen molar-refractivity contribution in [3.63, 3.8) is 0 Å². The molecule has 0 radical (unpaired) electrons. The molecule has 0 unspecified atom stereocenters. The van der Waals surface area contributed by atoms with Gasteiger partial charge in [0.1, 0.15) is 10.6 Å². The molecule has 1 heterocycles. The first-order valence-electron chi connectivity index (χ1n) is 13.8. The van der Waals surface area contributed by atoms with Gasteiger partial charge in [-0.1, -0.05) is 41.7 Å². The minimum absolute atomic E-state index is 0.118. The number of ether oxygens (including phenoxy) is 1. The van der Waals surface area contributed by atoms with Crippen molar-refractivity contribution in [3.8, 4) is 5.75 Å². The monoisotopic (exact) mass is 758 g/mol. The van der Waals surface area contributed by atoms with Crippen molar-refractivity contribution < 1.29 is 43.6 Å². The molecule has 1 aromatic heterocycles. The molecule has 0 fully saturated rings. The number of methoxy groups -OCH3 is 1. The number of rotatable bonds is 16. The Labute approximate surface area is 285 Å². The second-order valence-electron chi connectivity index (χ2n) is 10.0. The molecule has 48 heavy (non-hydrogen) atoms. The van der Waals surface area contributed by atoms with Crippen molar-refractivity contribution in [2.45, 2.75) is 35.0 Å². The molecule has 258 valence electrons. The van der Waals surface area contributed by atoms with Gasteiger partial charge in [0.2, 0.25) is 5.95 Å². The Bertz CT molecular complexity index is 2110. The van der Waals surface area contributed by atoms with E-state index >= 15 is 0 Å². The van der Waals surface area contributed by atoms with Crippen molar-refractivity contribution in [2.75, 3.05) is 35.4 Å². The second-order valence-corrected chi connectivity index (χ2v) is 16.7. The quantitative estimate of drug-likeness (QED) is 0.0477. The number of nitrogens with one attached hydrogen (secondary N) is 1. The molecular formula is C27H30N6O10S5. The van der Waals surface area contributed by atoms with E-state index in [-0.39, 0.29) is 45.5 Å². The van der Waals surface area contributed by atoms with Gasteiger partial charge < -0.3 is 10.1 Å². The van der Waals surface area contributed by atoms with Crippen LogP contribution in [0.4, 0.5) is 23.0 Å². The molecule has 4 rings (SSSR count). The van der Waals surface area contributed by atoms with Crippen LogP contribution in [0.15, 0.2) is 74.0 Å². The molecule has 0 saturated heterocycles. The fourth-order valence-corrected chi connectivity index (χ4v) is 7.85. The molecule has 0 spiro atoms. The zero-order valence-corrected chi connectivity index (χ0v) is 29.4. The summed E-state index contributed by atoms with van der Waals surface area (Å²) in [6.45, 7) is 1.79.